The predicted molar refractivity (Wildman–Crippen MR) is 58.2 cm³/mol. The van der Waals surface area contributed by atoms with Crippen molar-refractivity contribution < 1.29 is 9.53 Å². The number of carbonyl (C=O) groups excluding carboxylic acids is 1. The van der Waals surface area contributed by atoms with Gasteiger partial charge in [-0.3, -0.25) is 4.79 Å². The van der Waals surface area contributed by atoms with Gasteiger partial charge in [-0.2, -0.15) is 0 Å². The van der Waals surface area contributed by atoms with E-state index in [0.29, 0.717) is 13.2 Å². The molecule has 0 aromatic heterocycles. The molecule has 0 aliphatic rings. The van der Waals surface area contributed by atoms with Crippen molar-refractivity contribution in [3.8, 4) is 0 Å². The smallest absolute Gasteiger partial charge is 0.245 e. The molecule has 0 spiro atoms. The zero-order valence-electron chi connectivity index (χ0n) is 9.67. The van der Waals surface area contributed by atoms with Crippen LogP contribution in [0.3, 0.4) is 0 Å². The fourth-order valence-corrected chi connectivity index (χ4v) is 1.17. The van der Waals surface area contributed by atoms with Crippen molar-refractivity contribution in [1.29, 1.82) is 0 Å². The van der Waals surface area contributed by atoms with Crippen LogP contribution in [0.15, 0.2) is 12.7 Å². The fraction of sp³-hybridized carbons (Fsp3) is 0.727. The minimum Gasteiger partial charge on any atom is -0.376 e. The summed E-state index contributed by atoms with van der Waals surface area (Å²) in [5.41, 5.74) is -0.162. The predicted octanol–water partition coefficient (Wildman–Crippen LogP) is 1.84. The molecule has 14 heavy (non-hydrogen) atoms. The maximum atomic E-state index is 11.2. The van der Waals surface area contributed by atoms with E-state index >= 15 is 0 Å². The molecule has 0 N–H and O–H groups in total. The Labute approximate surface area is 86.7 Å². The Hall–Kier alpha value is -0.830. The van der Waals surface area contributed by atoms with Gasteiger partial charge in [0.1, 0.15) is 0 Å². The highest BCUT2D eigenvalue weighted by Crippen LogP contribution is 2.14. The lowest BCUT2D eigenvalue weighted by Gasteiger charge is -2.27. The maximum absolute atomic E-state index is 11.2. The first-order chi connectivity index (χ1) is 6.43. The summed E-state index contributed by atoms with van der Waals surface area (Å²) < 4.78 is 5.53. The van der Waals surface area contributed by atoms with E-state index in [1.165, 1.54) is 6.08 Å². The standard InChI is InChI=1S/C11H21NO2/c1-6-10(13)12(5)9-8-11(3,4)14-7-2/h6H,1,7-9H2,2-5H3. The van der Waals surface area contributed by atoms with Crippen LogP contribution >= 0.6 is 0 Å². The molecule has 0 rings (SSSR count). The van der Waals surface area contributed by atoms with Crippen molar-refractivity contribution >= 4 is 5.91 Å². The van der Waals surface area contributed by atoms with Gasteiger partial charge in [-0.15, -0.1) is 0 Å². The van der Waals surface area contributed by atoms with E-state index in [1.807, 2.05) is 20.8 Å². The molecule has 0 aromatic carbocycles. The van der Waals surface area contributed by atoms with Crippen LogP contribution in [0.25, 0.3) is 0 Å². The molecule has 82 valence electrons. The quantitative estimate of drug-likeness (QED) is 0.611. The number of rotatable bonds is 6. The third-order valence-corrected chi connectivity index (χ3v) is 2.14. The summed E-state index contributed by atoms with van der Waals surface area (Å²) in [6, 6.07) is 0. The molecule has 0 radical (unpaired) electrons. The Kier molecular flexibility index (Phi) is 5.46. The molecular formula is C11H21NO2. The average molecular weight is 199 g/mol. The maximum Gasteiger partial charge on any atom is 0.245 e. The second-order valence-corrected chi connectivity index (χ2v) is 3.91. The molecule has 0 aromatic rings. The van der Waals surface area contributed by atoms with E-state index in [1.54, 1.807) is 11.9 Å². The fourth-order valence-electron chi connectivity index (χ4n) is 1.17. The number of ether oxygens (including phenoxy) is 1. The molecule has 0 fully saturated rings. The molecule has 0 heterocycles. The largest absolute Gasteiger partial charge is 0.376 e. The lowest BCUT2D eigenvalue weighted by Crippen LogP contribution is -2.33. The number of nitrogens with zero attached hydrogens (tertiary/aromatic N) is 1. The highest BCUT2D eigenvalue weighted by molar-refractivity contribution is 5.86. The van der Waals surface area contributed by atoms with Gasteiger partial charge in [-0.05, 0) is 33.3 Å². The number of hydrogen-bond acceptors (Lipinski definition) is 2. The summed E-state index contributed by atoms with van der Waals surface area (Å²) in [5, 5.41) is 0. The first-order valence-corrected chi connectivity index (χ1v) is 4.94. The highest BCUT2D eigenvalue weighted by atomic mass is 16.5. The molecule has 0 bridgehead atoms. The van der Waals surface area contributed by atoms with E-state index in [9.17, 15) is 4.79 Å². The molecule has 0 aliphatic heterocycles. The highest BCUT2D eigenvalue weighted by Gasteiger charge is 2.18. The van der Waals surface area contributed by atoms with Gasteiger partial charge in [0.05, 0.1) is 5.60 Å². The van der Waals surface area contributed by atoms with E-state index < -0.39 is 0 Å². The van der Waals surface area contributed by atoms with Crippen LogP contribution in [-0.4, -0.2) is 36.6 Å². The van der Waals surface area contributed by atoms with E-state index in [-0.39, 0.29) is 11.5 Å². The molecule has 0 saturated carbocycles. The zero-order chi connectivity index (χ0) is 11.2. The van der Waals surface area contributed by atoms with Crippen molar-refractivity contribution in [2.75, 3.05) is 20.2 Å². The van der Waals surface area contributed by atoms with Gasteiger partial charge in [-0.25, -0.2) is 0 Å². The summed E-state index contributed by atoms with van der Waals surface area (Å²) in [4.78, 5) is 12.8. The lowest BCUT2D eigenvalue weighted by molar-refractivity contribution is -0.125. The normalized spacial score (nSPS) is 11.1. The second-order valence-electron chi connectivity index (χ2n) is 3.91. The van der Waals surface area contributed by atoms with Crippen molar-refractivity contribution in [2.45, 2.75) is 32.8 Å². The van der Waals surface area contributed by atoms with E-state index in [2.05, 4.69) is 6.58 Å². The minimum atomic E-state index is -0.162. The Morgan fingerprint density at radius 3 is 2.57 bits per heavy atom. The molecule has 0 aliphatic carbocycles. The first kappa shape index (κ1) is 13.2. The van der Waals surface area contributed by atoms with Gasteiger partial charge < -0.3 is 9.64 Å². The Morgan fingerprint density at radius 2 is 2.14 bits per heavy atom. The summed E-state index contributed by atoms with van der Waals surface area (Å²) in [6.07, 6.45) is 2.16. The monoisotopic (exact) mass is 199 g/mol. The van der Waals surface area contributed by atoms with Crippen LogP contribution in [0.5, 0.6) is 0 Å². The van der Waals surface area contributed by atoms with E-state index in [0.717, 1.165) is 6.42 Å². The average Bonchev–Trinajstić information content (AvgIpc) is 2.13. The SMILES string of the molecule is C=CC(=O)N(C)CCC(C)(C)OCC. The molecule has 0 saturated heterocycles. The van der Waals surface area contributed by atoms with Gasteiger partial charge in [0, 0.05) is 20.2 Å². The van der Waals surface area contributed by atoms with Crippen molar-refractivity contribution in [1.82, 2.24) is 4.90 Å². The van der Waals surface area contributed by atoms with Gasteiger partial charge in [-0.1, -0.05) is 6.58 Å². The molecular weight excluding hydrogens is 178 g/mol. The van der Waals surface area contributed by atoms with Crippen molar-refractivity contribution in [3.05, 3.63) is 12.7 Å². The van der Waals surface area contributed by atoms with Crippen LogP contribution in [0.1, 0.15) is 27.2 Å². The molecule has 0 atom stereocenters. The zero-order valence-corrected chi connectivity index (χ0v) is 9.67. The molecule has 3 heteroatoms. The molecule has 0 unspecified atom stereocenters. The Balaban J connectivity index is 3.92. The van der Waals surface area contributed by atoms with Gasteiger partial charge in [0.15, 0.2) is 0 Å². The van der Waals surface area contributed by atoms with Gasteiger partial charge in [0.2, 0.25) is 5.91 Å². The van der Waals surface area contributed by atoms with Gasteiger partial charge >= 0.3 is 0 Å². The summed E-state index contributed by atoms with van der Waals surface area (Å²) in [7, 11) is 1.77. The van der Waals surface area contributed by atoms with Crippen LogP contribution in [-0.2, 0) is 9.53 Å². The number of carbonyl (C=O) groups is 1. The lowest BCUT2D eigenvalue weighted by atomic mass is 10.1. The Bertz CT molecular complexity index is 199. The number of hydrogen-bond donors (Lipinski definition) is 0. The van der Waals surface area contributed by atoms with Crippen molar-refractivity contribution in [2.24, 2.45) is 0 Å². The van der Waals surface area contributed by atoms with Crippen LogP contribution in [0.2, 0.25) is 0 Å². The van der Waals surface area contributed by atoms with Crippen molar-refractivity contribution in [3.63, 3.8) is 0 Å². The van der Waals surface area contributed by atoms with Crippen LogP contribution in [0, 0.1) is 0 Å². The minimum absolute atomic E-state index is 0.0442. The molecule has 1 amide bonds. The third-order valence-electron chi connectivity index (χ3n) is 2.14. The topological polar surface area (TPSA) is 29.5 Å². The Morgan fingerprint density at radius 1 is 1.57 bits per heavy atom. The number of likely N-dealkylation sites (N-methyl/N-ethyl adjacent to an activating group) is 1. The molecule has 3 nitrogen and oxygen atoms in total. The third kappa shape index (κ3) is 5.02. The first-order valence-electron chi connectivity index (χ1n) is 4.94. The van der Waals surface area contributed by atoms with Crippen LogP contribution < -0.4 is 0 Å². The summed E-state index contributed by atoms with van der Waals surface area (Å²) >= 11 is 0. The van der Waals surface area contributed by atoms with Crippen LogP contribution in [0.4, 0.5) is 0 Å². The summed E-state index contributed by atoms with van der Waals surface area (Å²) in [5.74, 6) is -0.0442. The second kappa shape index (κ2) is 5.81. The summed E-state index contributed by atoms with van der Waals surface area (Å²) in [6.45, 7) is 10.9. The van der Waals surface area contributed by atoms with Gasteiger partial charge in [0.25, 0.3) is 0 Å². The van der Waals surface area contributed by atoms with E-state index in [4.69, 9.17) is 4.74 Å². The number of amides is 1.